The average molecular weight is 446 g/mol. The van der Waals surface area contributed by atoms with E-state index in [1.54, 1.807) is 36.4 Å². The summed E-state index contributed by atoms with van der Waals surface area (Å²) in [5.74, 6) is 0.430. The standard InChI is InChI=1S/C21H14N6O4S/c22-9-14(12-4-6-15-16(8-12)31-10-30-15)24-20-26-27-21(32-20)25-19(29)13-5-3-11-2-1-7-23-17(11)18(13)28/h1-8,14,28H,10H2,(H,24,26)(H,25,27,29). The first-order chi connectivity index (χ1) is 15.6. The number of aromatic hydroxyl groups is 1. The maximum Gasteiger partial charge on any atom is 0.261 e. The first kappa shape index (κ1) is 19.5. The Bertz CT molecular complexity index is 1380. The molecule has 5 rings (SSSR count). The summed E-state index contributed by atoms with van der Waals surface area (Å²) in [4.78, 5) is 16.8. The second kappa shape index (κ2) is 8.01. The predicted molar refractivity (Wildman–Crippen MR) is 116 cm³/mol. The molecule has 0 fully saturated rings. The number of carbonyl (C=O) groups excluding carboxylic acids is 1. The van der Waals surface area contributed by atoms with Crippen molar-refractivity contribution in [3.8, 4) is 23.3 Å². The summed E-state index contributed by atoms with van der Waals surface area (Å²) in [6.07, 6.45) is 1.54. The summed E-state index contributed by atoms with van der Waals surface area (Å²) in [5.41, 5.74) is 1.07. The van der Waals surface area contributed by atoms with Crippen molar-refractivity contribution in [3.63, 3.8) is 0 Å². The molecule has 0 saturated heterocycles. The highest BCUT2D eigenvalue weighted by Crippen LogP contribution is 2.35. The number of pyridine rings is 1. The minimum Gasteiger partial charge on any atom is -0.505 e. The largest absolute Gasteiger partial charge is 0.505 e. The molecule has 10 nitrogen and oxygen atoms in total. The van der Waals surface area contributed by atoms with Crippen LogP contribution in [-0.2, 0) is 0 Å². The molecule has 1 atom stereocenters. The zero-order chi connectivity index (χ0) is 22.1. The van der Waals surface area contributed by atoms with Crippen molar-refractivity contribution < 1.29 is 19.4 Å². The number of benzene rings is 2. The molecule has 1 aliphatic rings. The van der Waals surface area contributed by atoms with Gasteiger partial charge >= 0.3 is 0 Å². The monoisotopic (exact) mass is 446 g/mol. The van der Waals surface area contributed by atoms with Gasteiger partial charge in [-0.3, -0.25) is 15.1 Å². The Morgan fingerprint density at radius 3 is 2.88 bits per heavy atom. The van der Waals surface area contributed by atoms with Gasteiger partial charge in [-0.2, -0.15) is 5.26 Å². The molecule has 1 amide bonds. The summed E-state index contributed by atoms with van der Waals surface area (Å²) in [6.45, 7) is 0.145. The Kier molecular flexibility index (Phi) is 4.89. The summed E-state index contributed by atoms with van der Waals surface area (Å²) < 4.78 is 10.6. The lowest BCUT2D eigenvalue weighted by Gasteiger charge is -2.10. The van der Waals surface area contributed by atoms with Crippen LogP contribution in [0.3, 0.4) is 0 Å². The van der Waals surface area contributed by atoms with Gasteiger partial charge in [-0.05, 0) is 29.8 Å². The molecule has 0 aliphatic carbocycles. The van der Waals surface area contributed by atoms with E-state index in [4.69, 9.17) is 9.47 Å². The number of amides is 1. The number of ether oxygens (including phenoxy) is 2. The average Bonchev–Trinajstić information content (AvgIpc) is 3.46. The lowest BCUT2D eigenvalue weighted by atomic mass is 10.1. The topological polar surface area (TPSA) is 142 Å². The second-order valence-electron chi connectivity index (χ2n) is 6.72. The normalized spacial score (nSPS) is 12.8. The van der Waals surface area contributed by atoms with Gasteiger partial charge in [-0.25, -0.2) is 0 Å². The van der Waals surface area contributed by atoms with Gasteiger partial charge in [0.15, 0.2) is 17.2 Å². The second-order valence-corrected chi connectivity index (χ2v) is 7.70. The number of anilines is 2. The molecule has 11 heteroatoms. The van der Waals surface area contributed by atoms with E-state index in [1.165, 1.54) is 12.3 Å². The number of nitriles is 1. The van der Waals surface area contributed by atoms with E-state index in [0.29, 0.717) is 27.7 Å². The summed E-state index contributed by atoms with van der Waals surface area (Å²) in [7, 11) is 0. The molecule has 3 heterocycles. The number of phenolic OH excluding ortho intramolecular Hbond substituents is 1. The van der Waals surface area contributed by atoms with Crippen molar-refractivity contribution in [2.75, 3.05) is 17.4 Å². The van der Waals surface area contributed by atoms with Crippen LogP contribution >= 0.6 is 11.3 Å². The highest BCUT2D eigenvalue weighted by atomic mass is 32.1. The number of nitrogens with zero attached hydrogens (tertiary/aromatic N) is 4. The Hall–Kier alpha value is -4.43. The van der Waals surface area contributed by atoms with Gasteiger partial charge in [0.1, 0.15) is 11.6 Å². The number of aromatic nitrogens is 3. The molecule has 0 spiro atoms. The van der Waals surface area contributed by atoms with Crippen LogP contribution in [0, 0.1) is 11.3 Å². The van der Waals surface area contributed by atoms with Crippen LogP contribution in [0.5, 0.6) is 17.2 Å². The van der Waals surface area contributed by atoms with Gasteiger partial charge in [0.05, 0.1) is 11.6 Å². The molecule has 158 valence electrons. The number of hydrogen-bond acceptors (Lipinski definition) is 10. The van der Waals surface area contributed by atoms with Crippen LogP contribution in [-0.4, -0.2) is 33.0 Å². The molecular weight excluding hydrogens is 432 g/mol. The maximum atomic E-state index is 12.6. The van der Waals surface area contributed by atoms with E-state index in [1.807, 2.05) is 0 Å². The van der Waals surface area contributed by atoms with E-state index in [2.05, 4.69) is 31.9 Å². The predicted octanol–water partition coefficient (Wildman–Crippen LogP) is 3.45. The van der Waals surface area contributed by atoms with Crippen molar-refractivity contribution in [1.82, 2.24) is 15.2 Å². The van der Waals surface area contributed by atoms with Crippen LogP contribution in [0.25, 0.3) is 10.9 Å². The zero-order valence-electron chi connectivity index (χ0n) is 16.3. The van der Waals surface area contributed by atoms with Crippen molar-refractivity contribution in [1.29, 1.82) is 5.26 Å². The molecule has 3 N–H and O–H groups in total. The zero-order valence-corrected chi connectivity index (χ0v) is 17.1. The van der Waals surface area contributed by atoms with Crippen LogP contribution in [0.15, 0.2) is 48.7 Å². The Morgan fingerprint density at radius 1 is 1.16 bits per heavy atom. The van der Waals surface area contributed by atoms with Crippen LogP contribution in [0.4, 0.5) is 10.3 Å². The highest BCUT2D eigenvalue weighted by molar-refractivity contribution is 7.19. The Morgan fingerprint density at radius 2 is 2.00 bits per heavy atom. The molecular formula is C21H14N6O4S. The first-order valence-electron chi connectivity index (χ1n) is 9.39. The van der Waals surface area contributed by atoms with Crippen molar-refractivity contribution >= 4 is 38.4 Å². The van der Waals surface area contributed by atoms with Gasteiger partial charge in [-0.15, -0.1) is 10.2 Å². The third-order valence-electron chi connectivity index (χ3n) is 4.76. The summed E-state index contributed by atoms with van der Waals surface area (Å²) >= 11 is 1.06. The number of carbonyl (C=O) groups is 1. The fourth-order valence-corrected chi connectivity index (χ4v) is 3.88. The Balaban J connectivity index is 1.31. The van der Waals surface area contributed by atoms with Crippen LogP contribution in [0.2, 0.25) is 0 Å². The van der Waals surface area contributed by atoms with E-state index < -0.39 is 11.9 Å². The lowest BCUT2D eigenvalue weighted by molar-refractivity contribution is 0.102. The van der Waals surface area contributed by atoms with E-state index in [9.17, 15) is 15.2 Å². The minimum atomic E-state index is -0.711. The molecule has 4 aromatic rings. The number of hydrogen-bond donors (Lipinski definition) is 3. The fraction of sp³-hybridized carbons (Fsp3) is 0.0952. The summed E-state index contributed by atoms with van der Waals surface area (Å²) in [6, 6.07) is 13.4. The smallest absolute Gasteiger partial charge is 0.261 e. The van der Waals surface area contributed by atoms with E-state index >= 15 is 0 Å². The number of rotatable bonds is 5. The molecule has 0 radical (unpaired) electrons. The molecule has 1 unspecified atom stereocenters. The quantitative estimate of drug-likeness (QED) is 0.420. The van der Waals surface area contributed by atoms with E-state index in [0.717, 1.165) is 16.7 Å². The van der Waals surface area contributed by atoms with Crippen molar-refractivity contribution in [2.45, 2.75) is 6.04 Å². The van der Waals surface area contributed by atoms with Crippen LogP contribution < -0.4 is 20.1 Å². The van der Waals surface area contributed by atoms with Crippen molar-refractivity contribution in [2.24, 2.45) is 0 Å². The minimum absolute atomic E-state index is 0.0659. The van der Waals surface area contributed by atoms with Crippen molar-refractivity contribution in [3.05, 3.63) is 59.8 Å². The maximum absolute atomic E-state index is 12.6. The molecule has 1 aliphatic heterocycles. The van der Waals surface area contributed by atoms with Crippen LogP contribution in [0.1, 0.15) is 22.0 Å². The lowest BCUT2D eigenvalue weighted by Crippen LogP contribution is -2.12. The molecule has 0 saturated carbocycles. The SMILES string of the molecule is N#CC(Nc1nnc(NC(=O)c2ccc3cccnc3c2O)s1)c1ccc2c(c1)OCO2. The third kappa shape index (κ3) is 3.59. The van der Waals surface area contributed by atoms with Gasteiger partial charge in [-0.1, -0.05) is 29.5 Å². The number of fused-ring (bicyclic) bond motifs is 2. The Labute approximate surface area is 185 Å². The molecule has 2 aromatic carbocycles. The fourth-order valence-electron chi connectivity index (χ4n) is 3.22. The highest BCUT2D eigenvalue weighted by Gasteiger charge is 2.20. The molecule has 32 heavy (non-hydrogen) atoms. The van der Waals surface area contributed by atoms with Gasteiger partial charge in [0, 0.05) is 11.6 Å². The first-order valence-corrected chi connectivity index (χ1v) is 10.2. The molecule has 2 aromatic heterocycles. The summed E-state index contributed by atoms with van der Waals surface area (Å²) in [5, 5.41) is 34.8. The third-order valence-corrected chi connectivity index (χ3v) is 5.53. The number of phenols is 1. The van der Waals surface area contributed by atoms with Gasteiger partial charge in [0.2, 0.25) is 17.1 Å². The number of nitrogens with one attached hydrogen (secondary N) is 2. The van der Waals surface area contributed by atoms with Gasteiger partial charge < -0.3 is 19.9 Å². The van der Waals surface area contributed by atoms with Gasteiger partial charge in [0.25, 0.3) is 5.91 Å². The molecule has 0 bridgehead atoms. The van der Waals surface area contributed by atoms with E-state index in [-0.39, 0.29) is 23.2 Å².